The number of carbonyl (C=O) groups excluding carboxylic acids is 1. The number of furan rings is 1. The molecule has 0 radical (unpaired) electrons. The summed E-state index contributed by atoms with van der Waals surface area (Å²) < 4.78 is 10.7. The van der Waals surface area contributed by atoms with Crippen molar-refractivity contribution in [3.8, 4) is 17.1 Å². The summed E-state index contributed by atoms with van der Waals surface area (Å²) in [4.78, 5) is 22.7. The molecule has 0 saturated heterocycles. The number of nitrogens with zero attached hydrogens (tertiary/aromatic N) is 2. The second-order valence-corrected chi connectivity index (χ2v) is 5.89. The molecule has 0 bridgehead atoms. The molecule has 142 valence electrons. The van der Waals surface area contributed by atoms with Gasteiger partial charge in [0.15, 0.2) is 0 Å². The molecule has 1 N–H and O–H groups in total. The molecule has 1 aromatic heterocycles. The predicted octanol–water partition coefficient (Wildman–Crippen LogP) is 3.94. The molecule has 0 atom stereocenters. The molecule has 0 spiro atoms. The van der Waals surface area contributed by atoms with Gasteiger partial charge in [-0.15, -0.1) is 0 Å². The van der Waals surface area contributed by atoms with E-state index in [4.69, 9.17) is 9.15 Å². The number of hydrogen-bond donors (Lipinski definition) is 1. The molecular formula is C20H17N3O5. The molecule has 0 aliphatic heterocycles. The van der Waals surface area contributed by atoms with Crippen molar-refractivity contribution in [1.29, 1.82) is 0 Å². The van der Waals surface area contributed by atoms with Crippen LogP contribution in [0, 0.1) is 17.0 Å². The number of carbonyl (C=O) groups is 1. The van der Waals surface area contributed by atoms with E-state index >= 15 is 0 Å². The highest BCUT2D eigenvalue weighted by Crippen LogP contribution is 2.27. The summed E-state index contributed by atoms with van der Waals surface area (Å²) in [7, 11) is 1.55. The first-order valence-corrected chi connectivity index (χ1v) is 8.30. The van der Waals surface area contributed by atoms with E-state index in [-0.39, 0.29) is 11.6 Å². The summed E-state index contributed by atoms with van der Waals surface area (Å²) >= 11 is 0. The smallest absolute Gasteiger partial charge is 0.273 e. The normalized spacial score (nSPS) is 10.8. The molecule has 3 aromatic rings. The molecule has 3 rings (SSSR count). The van der Waals surface area contributed by atoms with Crippen molar-refractivity contribution in [2.75, 3.05) is 7.11 Å². The van der Waals surface area contributed by atoms with Gasteiger partial charge in [0.05, 0.1) is 18.2 Å². The Morgan fingerprint density at radius 1 is 1.18 bits per heavy atom. The maximum atomic E-state index is 12.0. The van der Waals surface area contributed by atoms with Crippen LogP contribution < -0.4 is 10.2 Å². The first-order valence-electron chi connectivity index (χ1n) is 8.30. The summed E-state index contributed by atoms with van der Waals surface area (Å²) in [5.41, 5.74) is 4.02. The van der Waals surface area contributed by atoms with Crippen LogP contribution in [0.1, 0.15) is 21.7 Å². The van der Waals surface area contributed by atoms with Crippen LogP contribution >= 0.6 is 0 Å². The van der Waals surface area contributed by atoms with Gasteiger partial charge in [-0.3, -0.25) is 14.9 Å². The third-order valence-electron chi connectivity index (χ3n) is 4.03. The van der Waals surface area contributed by atoms with Crippen molar-refractivity contribution in [2.45, 2.75) is 6.92 Å². The van der Waals surface area contributed by atoms with Gasteiger partial charge in [0.25, 0.3) is 11.6 Å². The summed E-state index contributed by atoms with van der Waals surface area (Å²) in [6.07, 6.45) is 1.35. The zero-order valence-electron chi connectivity index (χ0n) is 15.2. The van der Waals surface area contributed by atoms with E-state index in [0.717, 1.165) is 0 Å². The van der Waals surface area contributed by atoms with E-state index in [1.807, 2.05) is 0 Å². The zero-order chi connectivity index (χ0) is 20.1. The van der Waals surface area contributed by atoms with Gasteiger partial charge in [0, 0.05) is 22.8 Å². The Balaban J connectivity index is 1.68. The van der Waals surface area contributed by atoms with E-state index in [0.29, 0.717) is 34.0 Å². The Morgan fingerprint density at radius 2 is 1.93 bits per heavy atom. The van der Waals surface area contributed by atoms with Crippen molar-refractivity contribution in [1.82, 2.24) is 5.43 Å². The van der Waals surface area contributed by atoms with Crippen LogP contribution in [0.15, 0.2) is 64.1 Å². The third-order valence-corrected chi connectivity index (χ3v) is 4.03. The highest BCUT2D eigenvalue weighted by Gasteiger charge is 2.13. The number of benzene rings is 2. The lowest BCUT2D eigenvalue weighted by Crippen LogP contribution is -2.17. The average molecular weight is 379 g/mol. The summed E-state index contributed by atoms with van der Waals surface area (Å²) in [6, 6.07) is 14.8. The molecule has 1 amide bonds. The minimum atomic E-state index is -0.432. The van der Waals surface area contributed by atoms with Crippen molar-refractivity contribution in [3.63, 3.8) is 0 Å². The van der Waals surface area contributed by atoms with Gasteiger partial charge in [-0.1, -0.05) is 12.1 Å². The Kier molecular flexibility index (Phi) is 5.50. The monoisotopic (exact) mass is 379 g/mol. The fraction of sp³-hybridized carbons (Fsp3) is 0.100. The fourth-order valence-corrected chi connectivity index (χ4v) is 2.50. The Labute approximate surface area is 160 Å². The largest absolute Gasteiger partial charge is 0.497 e. The van der Waals surface area contributed by atoms with Gasteiger partial charge >= 0.3 is 0 Å². The second-order valence-electron chi connectivity index (χ2n) is 5.89. The minimum Gasteiger partial charge on any atom is -0.497 e. The molecule has 28 heavy (non-hydrogen) atoms. The average Bonchev–Trinajstić information content (AvgIpc) is 3.17. The molecule has 1 heterocycles. The van der Waals surface area contributed by atoms with E-state index in [1.165, 1.54) is 12.3 Å². The number of nitro groups is 1. The van der Waals surface area contributed by atoms with Crippen molar-refractivity contribution in [2.24, 2.45) is 5.10 Å². The highest BCUT2D eigenvalue weighted by atomic mass is 16.6. The van der Waals surface area contributed by atoms with Crippen LogP contribution in [0.2, 0.25) is 0 Å². The molecule has 0 fully saturated rings. The van der Waals surface area contributed by atoms with E-state index in [2.05, 4.69) is 10.5 Å². The molecule has 0 saturated carbocycles. The second kappa shape index (κ2) is 8.17. The first-order chi connectivity index (χ1) is 13.5. The molecule has 0 aliphatic rings. The highest BCUT2D eigenvalue weighted by molar-refractivity contribution is 5.94. The van der Waals surface area contributed by atoms with Gasteiger partial charge in [-0.25, -0.2) is 5.43 Å². The lowest BCUT2D eigenvalue weighted by atomic mass is 10.1. The quantitative estimate of drug-likeness (QED) is 0.397. The third kappa shape index (κ3) is 4.24. The predicted molar refractivity (Wildman–Crippen MR) is 104 cm³/mol. The fourth-order valence-electron chi connectivity index (χ4n) is 2.50. The molecular weight excluding hydrogens is 362 g/mol. The minimum absolute atomic E-state index is 0.0240. The number of rotatable bonds is 6. The molecule has 2 aromatic carbocycles. The lowest BCUT2D eigenvalue weighted by molar-refractivity contribution is -0.385. The number of hydrazone groups is 1. The van der Waals surface area contributed by atoms with Crippen molar-refractivity contribution in [3.05, 3.63) is 81.6 Å². The van der Waals surface area contributed by atoms with Crippen LogP contribution in [0.5, 0.6) is 5.75 Å². The maximum Gasteiger partial charge on any atom is 0.273 e. The summed E-state index contributed by atoms with van der Waals surface area (Å²) in [5.74, 6) is 1.14. The Bertz CT molecular complexity index is 1040. The van der Waals surface area contributed by atoms with E-state index in [1.54, 1.807) is 62.6 Å². The van der Waals surface area contributed by atoms with Gasteiger partial charge in [-0.05, 0) is 43.3 Å². The first kappa shape index (κ1) is 18.8. The lowest BCUT2D eigenvalue weighted by Gasteiger charge is -2.02. The Hall–Kier alpha value is -3.94. The van der Waals surface area contributed by atoms with Gasteiger partial charge in [0.1, 0.15) is 17.3 Å². The number of nitro benzene ring substituents is 1. The van der Waals surface area contributed by atoms with Gasteiger partial charge < -0.3 is 9.15 Å². The van der Waals surface area contributed by atoms with Crippen molar-refractivity contribution < 1.29 is 18.9 Å². The van der Waals surface area contributed by atoms with Crippen LogP contribution in [-0.2, 0) is 0 Å². The van der Waals surface area contributed by atoms with Crippen LogP contribution in [0.4, 0.5) is 5.69 Å². The Morgan fingerprint density at radius 3 is 2.61 bits per heavy atom. The standard InChI is InChI=1S/C20H17N3O5/c1-13-3-4-15(11-18(13)23(25)26)19-10-9-17(28-19)12-21-22-20(24)14-5-7-16(27-2)8-6-14/h3-12H,1-2H3,(H,22,24)/b21-12+. The van der Waals surface area contributed by atoms with Crippen LogP contribution in [-0.4, -0.2) is 24.2 Å². The number of methoxy groups -OCH3 is 1. The molecule has 8 nitrogen and oxygen atoms in total. The topological polar surface area (TPSA) is 107 Å². The summed E-state index contributed by atoms with van der Waals surface area (Å²) in [5, 5.41) is 14.9. The number of amides is 1. The van der Waals surface area contributed by atoms with Crippen LogP contribution in [0.3, 0.4) is 0 Å². The number of ether oxygens (including phenoxy) is 1. The van der Waals surface area contributed by atoms with Gasteiger partial charge in [-0.2, -0.15) is 5.10 Å². The molecule has 8 heteroatoms. The SMILES string of the molecule is COc1ccc(C(=O)N/N=C/c2ccc(-c3ccc(C)c([N+](=O)[O-])c3)o2)cc1. The van der Waals surface area contributed by atoms with E-state index < -0.39 is 4.92 Å². The number of nitrogens with one attached hydrogen (secondary N) is 1. The molecule has 0 aliphatic carbocycles. The molecule has 0 unspecified atom stereocenters. The van der Waals surface area contributed by atoms with Crippen molar-refractivity contribution >= 4 is 17.8 Å². The number of aryl methyl sites for hydroxylation is 1. The maximum absolute atomic E-state index is 12.0. The number of hydrogen-bond acceptors (Lipinski definition) is 6. The zero-order valence-corrected chi connectivity index (χ0v) is 15.2. The van der Waals surface area contributed by atoms with E-state index in [9.17, 15) is 14.9 Å². The van der Waals surface area contributed by atoms with Gasteiger partial charge in [0.2, 0.25) is 0 Å². The van der Waals surface area contributed by atoms with Crippen LogP contribution in [0.25, 0.3) is 11.3 Å². The summed E-state index contributed by atoms with van der Waals surface area (Å²) in [6.45, 7) is 1.67.